The van der Waals surface area contributed by atoms with Crippen molar-refractivity contribution >= 4 is 33.5 Å². The highest BCUT2D eigenvalue weighted by Gasteiger charge is 2.49. The molecule has 3 aliphatic rings. The Balaban J connectivity index is 1.34. The summed E-state index contributed by atoms with van der Waals surface area (Å²) in [4.78, 5) is 33.2. The lowest BCUT2D eigenvalue weighted by Gasteiger charge is -2.31. The number of halogens is 2. The monoisotopic (exact) mass is 656 g/mol. The van der Waals surface area contributed by atoms with Crippen molar-refractivity contribution < 1.29 is 27.8 Å². The van der Waals surface area contributed by atoms with Crippen molar-refractivity contribution in [3.05, 3.63) is 47.9 Å². The number of anilines is 1. The zero-order chi connectivity index (χ0) is 33.4. The molecule has 0 spiro atoms. The second-order valence-electron chi connectivity index (χ2n) is 13.1. The SMILES string of the molecule is C#Cc1c(F)ccc2cc(OC(=O)CN(C)C)cc(-c3cc4nc(OC[C@@]56CCCN5C[C@H](F)C6)nc(N5CCCOCC5)c4cn3)c12. The fourth-order valence-corrected chi connectivity index (χ4v) is 7.28. The van der Waals surface area contributed by atoms with Crippen molar-refractivity contribution in [2.24, 2.45) is 0 Å². The first-order valence-electron chi connectivity index (χ1n) is 16.3. The number of nitrogens with zero attached hydrogens (tertiary/aromatic N) is 6. The van der Waals surface area contributed by atoms with E-state index in [1.54, 1.807) is 49.5 Å². The molecule has 12 heteroatoms. The van der Waals surface area contributed by atoms with E-state index in [0.717, 1.165) is 32.4 Å². The summed E-state index contributed by atoms with van der Waals surface area (Å²) in [7, 11) is 3.55. The van der Waals surface area contributed by atoms with Crippen LogP contribution in [0.25, 0.3) is 32.9 Å². The molecule has 0 N–H and O–H groups in total. The lowest BCUT2D eigenvalue weighted by Crippen LogP contribution is -2.43. The summed E-state index contributed by atoms with van der Waals surface area (Å²) in [6, 6.07) is 8.20. The van der Waals surface area contributed by atoms with E-state index in [9.17, 15) is 9.18 Å². The summed E-state index contributed by atoms with van der Waals surface area (Å²) < 4.78 is 47.3. The molecule has 2 atom stereocenters. The molecule has 3 aliphatic heterocycles. The number of alkyl halides is 1. The molecule has 0 bridgehead atoms. The number of esters is 1. The number of rotatable bonds is 8. The van der Waals surface area contributed by atoms with Crippen molar-refractivity contribution in [1.82, 2.24) is 24.8 Å². The van der Waals surface area contributed by atoms with Crippen LogP contribution in [0.4, 0.5) is 14.6 Å². The molecule has 4 aromatic rings. The van der Waals surface area contributed by atoms with E-state index in [2.05, 4.69) is 15.7 Å². The molecule has 0 amide bonds. The van der Waals surface area contributed by atoms with Crippen LogP contribution in [0.5, 0.6) is 11.8 Å². The van der Waals surface area contributed by atoms with E-state index in [1.165, 1.54) is 6.07 Å². The van der Waals surface area contributed by atoms with Gasteiger partial charge in [-0.25, -0.2) is 8.78 Å². The molecular weight excluding hydrogens is 618 g/mol. The Morgan fingerprint density at radius 3 is 2.88 bits per heavy atom. The van der Waals surface area contributed by atoms with E-state index in [1.807, 2.05) is 0 Å². The number of pyridine rings is 1. The van der Waals surface area contributed by atoms with E-state index in [-0.39, 0.29) is 36.0 Å². The number of ether oxygens (including phenoxy) is 3. The smallest absolute Gasteiger partial charge is 0.325 e. The van der Waals surface area contributed by atoms with Crippen molar-refractivity contribution in [2.45, 2.75) is 37.4 Å². The number of fused-ring (bicyclic) bond motifs is 3. The number of terminal acetylenes is 1. The minimum Gasteiger partial charge on any atom is -0.461 e. The summed E-state index contributed by atoms with van der Waals surface area (Å²) in [5.41, 5.74) is 1.21. The Bertz CT molecular complexity index is 1910. The third kappa shape index (κ3) is 6.25. The summed E-state index contributed by atoms with van der Waals surface area (Å²) in [6.45, 7) is 4.21. The van der Waals surface area contributed by atoms with Crippen molar-refractivity contribution in [3.63, 3.8) is 0 Å². The Morgan fingerprint density at radius 1 is 1.17 bits per heavy atom. The lowest BCUT2D eigenvalue weighted by molar-refractivity contribution is -0.135. The second kappa shape index (κ2) is 13.2. The normalized spacial score (nSPS) is 21.4. The average molecular weight is 657 g/mol. The van der Waals surface area contributed by atoms with E-state index in [0.29, 0.717) is 71.5 Å². The molecule has 0 aliphatic carbocycles. The minimum atomic E-state index is -0.877. The fourth-order valence-electron chi connectivity index (χ4n) is 7.28. The maximum Gasteiger partial charge on any atom is 0.325 e. The predicted octanol–water partition coefficient (Wildman–Crippen LogP) is 4.61. The minimum absolute atomic E-state index is 0.0790. The van der Waals surface area contributed by atoms with Crippen LogP contribution < -0.4 is 14.4 Å². The van der Waals surface area contributed by atoms with Crippen LogP contribution in [0.2, 0.25) is 0 Å². The summed E-state index contributed by atoms with van der Waals surface area (Å²) in [6.07, 6.45) is 9.76. The van der Waals surface area contributed by atoms with Gasteiger partial charge in [0.2, 0.25) is 0 Å². The highest BCUT2D eigenvalue weighted by molar-refractivity contribution is 6.03. The molecule has 2 aromatic carbocycles. The zero-order valence-electron chi connectivity index (χ0n) is 27.2. The molecule has 250 valence electrons. The van der Waals surface area contributed by atoms with Gasteiger partial charge in [0.05, 0.1) is 40.9 Å². The van der Waals surface area contributed by atoms with E-state index >= 15 is 4.39 Å². The van der Waals surface area contributed by atoms with Gasteiger partial charge in [-0.3, -0.25) is 19.6 Å². The standard InChI is InChI=1S/C36H38F2N6O4/c1-4-26-29(38)8-7-23-15-25(48-32(45)21-42(2)3)16-27(33(23)26)30-17-31-28(19-39-30)34(43-10-6-13-46-14-12-43)41-35(40-31)47-22-36-9-5-11-44(36)20-24(37)18-36/h1,7-8,15-17,19,24H,5-6,9-14,18,20-22H2,2-3H3/t24-,36+/m1/s1. The van der Waals surface area contributed by atoms with E-state index < -0.39 is 18.0 Å². The number of aromatic nitrogens is 3. The molecule has 10 nitrogen and oxygen atoms in total. The molecule has 0 saturated carbocycles. The van der Waals surface area contributed by atoms with Crippen LogP contribution in [0.15, 0.2) is 36.5 Å². The molecule has 0 radical (unpaired) electrons. The molecule has 0 unspecified atom stereocenters. The highest BCUT2D eigenvalue weighted by atomic mass is 19.1. The van der Waals surface area contributed by atoms with Crippen molar-refractivity contribution in [2.75, 3.05) is 71.5 Å². The van der Waals surface area contributed by atoms with Crippen LogP contribution in [0.1, 0.15) is 31.2 Å². The largest absolute Gasteiger partial charge is 0.461 e. The summed E-state index contributed by atoms with van der Waals surface area (Å²) >= 11 is 0. The summed E-state index contributed by atoms with van der Waals surface area (Å²) in [5.74, 6) is 2.45. The predicted molar refractivity (Wildman–Crippen MR) is 179 cm³/mol. The molecule has 5 heterocycles. The second-order valence-corrected chi connectivity index (χ2v) is 13.1. The van der Waals surface area contributed by atoms with Gasteiger partial charge in [-0.2, -0.15) is 9.97 Å². The quantitative estimate of drug-likeness (QED) is 0.152. The van der Waals surface area contributed by atoms with Crippen LogP contribution >= 0.6 is 0 Å². The first-order chi connectivity index (χ1) is 23.2. The van der Waals surface area contributed by atoms with Gasteiger partial charge in [-0.05, 0) is 69.6 Å². The number of likely N-dealkylation sites (N-methyl/N-ethyl adjacent to an activating group) is 1. The van der Waals surface area contributed by atoms with Crippen LogP contribution in [0.3, 0.4) is 0 Å². The third-order valence-electron chi connectivity index (χ3n) is 9.43. The molecule has 3 saturated heterocycles. The molecule has 2 aromatic heterocycles. The van der Waals surface area contributed by atoms with E-state index in [4.69, 9.17) is 35.6 Å². The topological polar surface area (TPSA) is 93.1 Å². The molecule has 7 rings (SSSR count). The van der Waals surface area contributed by atoms with Gasteiger partial charge in [0, 0.05) is 49.8 Å². The van der Waals surface area contributed by atoms with Crippen LogP contribution in [-0.4, -0.2) is 109 Å². The molecular formula is C36H38F2N6O4. The Kier molecular flexibility index (Phi) is 8.85. The Labute approximate surface area is 278 Å². The van der Waals surface area contributed by atoms with Gasteiger partial charge < -0.3 is 19.1 Å². The first-order valence-corrected chi connectivity index (χ1v) is 16.3. The Morgan fingerprint density at radius 2 is 2.04 bits per heavy atom. The maximum atomic E-state index is 15.1. The number of benzene rings is 2. The Hall–Kier alpha value is -4.44. The van der Waals surface area contributed by atoms with Gasteiger partial charge in [-0.15, -0.1) is 6.42 Å². The van der Waals surface area contributed by atoms with Crippen molar-refractivity contribution in [3.8, 4) is 35.4 Å². The highest BCUT2D eigenvalue weighted by Crippen LogP contribution is 2.41. The van der Waals surface area contributed by atoms with Crippen LogP contribution in [0, 0.1) is 18.2 Å². The number of hydrogen-bond acceptors (Lipinski definition) is 10. The van der Waals surface area contributed by atoms with Gasteiger partial charge in [-0.1, -0.05) is 12.0 Å². The fraction of sp³-hybridized carbons (Fsp3) is 0.444. The number of hydrogen-bond donors (Lipinski definition) is 0. The lowest BCUT2D eigenvalue weighted by atomic mass is 9.95. The van der Waals surface area contributed by atoms with Gasteiger partial charge in [0.25, 0.3) is 0 Å². The number of carbonyl (C=O) groups is 1. The molecule has 48 heavy (non-hydrogen) atoms. The zero-order valence-corrected chi connectivity index (χ0v) is 27.2. The first kappa shape index (κ1) is 32.1. The van der Waals surface area contributed by atoms with Gasteiger partial charge in [0.1, 0.15) is 30.2 Å². The summed E-state index contributed by atoms with van der Waals surface area (Å²) in [5, 5.41) is 1.77. The van der Waals surface area contributed by atoms with Crippen LogP contribution in [-0.2, 0) is 9.53 Å². The van der Waals surface area contributed by atoms with Gasteiger partial charge >= 0.3 is 12.0 Å². The van der Waals surface area contributed by atoms with Gasteiger partial charge in [0.15, 0.2) is 0 Å². The average Bonchev–Trinajstić information content (AvgIpc) is 3.44. The third-order valence-corrected chi connectivity index (χ3v) is 9.43. The maximum absolute atomic E-state index is 15.1. The number of carbonyl (C=O) groups excluding carboxylic acids is 1. The molecule has 3 fully saturated rings. The van der Waals surface area contributed by atoms with Crippen molar-refractivity contribution in [1.29, 1.82) is 0 Å².